The molecule has 0 heterocycles. The third-order valence-corrected chi connectivity index (χ3v) is 3.54. The Morgan fingerprint density at radius 3 is 2.24 bits per heavy atom. The lowest BCUT2D eigenvalue weighted by Crippen LogP contribution is -2.50. The van der Waals surface area contributed by atoms with Crippen LogP contribution in [-0.2, 0) is 4.74 Å². The molecular formula is C14H32N2O. The molecule has 0 aliphatic carbocycles. The summed E-state index contributed by atoms with van der Waals surface area (Å²) >= 11 is 0. The molecule has 17 heavy (non-hydrogen) atoms. The van der Waals surface area contributed by atoms with E-state index >= 15 is 0 Å². The van der Waals surface area contributed by atoms with Gasteiger partial charge in [-0.2, -0.15) is 0 Å². The van der Waals surface area contributed by atoms with Crippen LogP contribution in [0.25, 0.3) is 0 Å². The van der Waals surface area contributed by atoms with Crippen LogP contribution in [0.5, 0.6) is 0 Å². The molecule has 3 heteroatoms. The summed E-state index contributed by atoms with van der Waals surface area (Å²) in [7, 11) is 1.77. The van der Waals surface area contributed by atoms with Crippen molar-refractivity contribution >= 4 is 0 Å². The second-order valence-electron chi connectivity index (χ2n) is 5.79. The van der Waals surface area contributed by atoms with Gasteiger partial charge in [-0.1, -0.05) is 6.92 Å². The van der Waals surface area contributed by atoms with Crippen molar-refractivity contribution in [3.05, 3.63) is 0 Å². The molecule has 0 fully saturated rings. The molecule has 0 bridgehead atoms. The fourth-order valence-electron chi connectivity index (χ4n) is 1.85. The Balaban J connectivity index is 4.18. The first kappa shape index (κ1) is 16.9. The SMILES string of the molecule is CCC(C)(C)NCC(C)N(CCOC)C(C)C. The van der Waals surface area contributed by atoms with Gasteiger partial charge >= 0.3 is 0 Å². The summed E-state index contributed by atoms with van der Waals surface area (Å²) in [6.07, 6.45) is 1.15. The Hall–Kier alpha value is -0.120. The maximum absolute atomic E-state index is 5.18. The highest BCUT2D eigenvalue weighted by atomic mass is 16.5. The van der Waals surface area contributed by atoms with Gasteiger partial charge in [0, 0.05) is 37.8 Å². The lowest BCUT2D eigenvalue weighted by Gasteiger charge is -2.35. The number of rotatable bonds is 9. The molecular weight excluding hydrogens is 212 g/mol. The smallest absolute Gasteiger partial charge is 0.0589 e. The largest absolute Gasteiger partial charge is 0.383 e. The van der Waals surface area contributed by atoms with E-state index in [1.165, 1.54) is 0 Å². The fraction of sp³-hybridized carbons (Fsp3) is 1.00. The van der Waals surface area contributed by atoms with E-state index in [1.807, 2.05) is 0 Å². The zero-order valence-corrected chi connectivity index (χ0v) is 12.8. The third kappa shape index (κ3) is 7.02. The molecule has 104 valence electrons. The Bertz CT molecular complexity index is 193. The maximum Gasteiger partial charge on any atom is 0.0589 e. The molecule has 0 rings (SSSR count). The fourth-order valence-corrected chi connectivity index (χ4v) is 1.85. The predicted molar refractivity (Wildman–Crippen MR) is 75.6 cm³/mol. The maximum atomic E-state index is 5.18. The van der Waals surface area contributed by atoms with Gasteiger partial charge in [-0.15, -0.1) is 0 Å². The van der Waals surface area contributed by atoms with E-state index < -0.39 is 0 Å². The summed E-state index contributed by atoms with van der Waals surface area (Å²) in [5, 5.41) is 3.64. The molecule has 1 unspecified atom stereocenters. The first-order chi connectivity index (χ1) is 7.84. The minimum Gasteiger partial charge on any atom is -0.383 e. The van der Waals surface area contributed by atoms with Crippen LogP contribution in [0.3, 0.4) is 0 Å². The third-order valence-electron chi connectivity index (χ3n) is 3.54. The normalized spacial score (nSPS) is 14.6. The van der Waals surface area contributed by atoms with Gasteiger partial charge < -0.3 is 10.1 Å². The molecule has 0 saturated carbocycles. The molecule has 3 nitrogen and oxygen atoms in total. The summed E-state index contributed by atoms with van der Waals surface area (Å²) in [6.45, 7) is 16.4. The summed E-state index contributed by atoms with van der Waals surface area (Å²) in [4.78, 5) is 2.49. The molecule has 0 aromatic carbocycles. The van der Waals surface area contributed by atoms with Gasteiger partial charge in [-0.25, -0.2) is 0 Å². The number of hydrogen-bond acceptors (Lipinski definition) is 3. The Morgan fingerprint density at radius 1 is 1.24 bits per heavy atom. The number of nitrogens with one attached hydrogen (secondary N) is 1. The Kier molecular flexibility index (Phi) is 8.01. The van der Waals surface area contributed by atoms with Gasteiger partial charge in [0.25, 0.3) is 0 Å². The molecule has 0 aromatic heterocycles. The lowest BCUT2D eigenvalue weighted by molar-refractivity contribution is 0.0977. The molecule has 0 aliphatic heterocycles. The summed E-state index contributed by atoms with van der Waals surface area (Å²) in [5.74, 6) is 0. The minimum absolute atomic E-state index is 0.234. The van der Waals surface area contributed by atoms with Crippen LogP contribution in [0, 0.1) is 0 Å². The van der Waals surface area contributed by atoms with E-state index in [0.29, 0.717) is 12.1 Å². The van der Waals surface area contributed by atoms with Crippen LogP contribution in [0.2, 0.25) is 0 Å². The first-order valence-corrected chi connectivity index (χ1v) is 6.83. The van der Waals surface area contributed by atoms with Crippen LogP contribution in [0.1, 0.15) is 48.0 Å². The topological polar surface area (TPSA) is 24.5 Å². The number of hydrogen-bond donors (Lipinski definition) is 1. The van der Waals surface area contributed by atoms with Crippen molar-refractivity contribution in [3.63, 3.8) is 0 Å². The average molecular weight is 244 g/mol. The Morgan fingerprint density at radius 2 is 1.82 bits per heavy atom. The molecule has 0 radical (unpaired) electrons. The molecule has 0 saturated heterocycles. The lowest BCUT2D eigenvalue weighted by atomic mass is 10.0. The van der Waals surface area contributed by atoms with Crippen molar-refractivity contribution in [2.24, 2.45) is 0 Å². The Labute approximate surface area is 108 Å². The monoisotopic (exact) mass is 244 g/mol. The highest BCUT2D eigenvalue weighted by molar-refractivity contribution is 4.80. The second kappa shape index (κ2) is 8.06. The van der Waals surface area contributed by atoms with Crippen molar-refractivity contribution in [1.82, 2.24) is 10.2 Å². The highest BCUT2D eigenvalue weighted by Gasteiger charge is 2.20. The predicted octanol–water partition coefficient (Wildman–Crippen LogP) is 2.51. The standard InChI is InChI=1S/C14H32N2O/c1-8-14(5,6)15-11-13(4)16(12(2)3)9-10-17-7/h12-13,15H,8-11H2,1-7H3. The molecule has 0 amide bonds. The number of nitrogens with zero attached hydrogens (tertiary/aromatic N) is 1. The van der Waals surface area contributed by atoms with Crippen LogP contribution >= 0.6 is 0 Å². The van der Waals surface area contributed by atoms with E-state index in [9.17, 15) is 0 Å². The summed E-state index contributed by atoms with van der Waals surface area (Å²) in [6, 6.07) is 1.10. The second-order valence-corrected chi connectivity index (χ2v) is 5.79. The van der Waals surface area contributed by atoms with Crippen molar-refractivity contribution in [2.45, 2.75) is 65.6 Å². The summed E-state index contributed by atoms with van der Waals surface area (Å²) in [5.41, 5.74) is 0.234. The van der Waals surface area contributed by atoms with Crippen LogP contribution < -0.4 is 5.32 Å². The average Bonchev–Trinajstić information content (AvgIpc) is 2.26. The molecule has 0 spiro atoms. The van der Waals surface area contributed by atoms with Gasteiger partial charge in [-0.3, -0.25) is 4.90 Å². The van der Waals surface area contributed by atoms with Gasteiger partial charge in [0.15, 0.2) is 0 Å². The number of methoxy groups -OCH3 is 1. The van der Waals surface area contributed by atoms with E-state index in [-0.39, 0.29) is 5.54 Å². The zero-order chi connectivity index (χ0) is 13.5. The summed E-state index contributed by atoms with van der Waals surface area (Å²) < 4.78 is 5.18. The van der Waals surface area contributed by atoms with Crippen LogP contribution in [-0.4, -0.2) is 49.3 Å². The van der Waals surface area contributed by atoms with Crippen molar-refractivity contribution in [3.8, 4) is 0 Å². The van der Waals surface area contributed by atoms with E-state index in [4.69, 9.17) is 4.74 Å². The van der Waals surface area contributed by atoms with Gasteiger partial charge in [-0.05, 0) is 41.0 Å². The zero-order valence-electron chi connectivity index (χ0n) is 12.8. The minimum atomic E-state index is 0.234. The van der Waals surface area contributed by atoms with E-state index in [1.54, 1.807) is 7.11 Å². The number of ether oxygens (including phenoxy) is 1. The van der Waals surface area contributed by atoms with Gasteiger partial charge in [0.05, 0.1) is 6.61 Å². The van der Waals surface area contributed by atoms with Crippen molar-refractivity contribution in [1.29, 1.82) is 0 Å². The first-order valence-electron chi connectivity index (χ1n) is 6.83. The highest BCUT2D eigenvalue weighted by Crippen LogP contribution is 2.09. The molecule has 0 aromatic rings. The molecule has 1 atom stereocenters. The molecule has 0 aliphatic rings. The molecule has 1 N–H and O–H groups in total. The van der Waals surface area contributed by atoms with E-state index in [2.05, 4.69) is 51.8 Å². The van der Waals surface area contributed by atoms with E-state index in [0.717, 1.165) is 26.1 Å². The van der Waals surface area contributed by atoms with Crippen LogP contribution in [0.15, 0.2) is 0 Å². The quantitative estimate of drug-likeness (QED) is 0.674. The van der Waals surface area contributed by atoms with Crippen molar-refractivity contribution < 1.29 is 4.74 Å². The van der Waals surface area contributed by atoms with Crippen molar-refractivity contribution in [2.75, 3.05) is 26.8 Å². The van der Waals surface area contributed by atoms with Gasteiger partial charge in [0.2, 0.25) is 0 Å². The van der Waals surface area contributed by atoms with Gasteiger partial charge in [0.1, 0.15) is 0 Å². The van der Waals surface area contributed by atoms with Crippen LogP contribution in [0.4, 0.5) is 0 Å².